The molecule has 1 saturated carbocycles. The van der Waals surface area contributed by atoms with E-state index >= 15 is 0 Å². The van der Waals surface area contributed by atoms with Gasteiger partial charge in [-0.2, -0.15) is 0 Å². The molecular weight excluding hydrogens is 274 g/mol. The summed E-state index contributed by atoms with van der Waals surface area (Å²) in [6.07, 6.45) is 1.02. The van der Waals surface area contributed by atoms with Gasteiger partial charge in [0.1, 0.15) is 5.75 Å². The highest BCUT2D eigenvalue weighted by atomic mass is 32.2. The average molecular weight is 293 g/mol. The van der Waals surface area contributed by atoms with Gasteiger partial charge in [-0.15, -0.1) is 0 Å². The second-order valence-corrected chi connectivity index (χ2v) is 7.01. The van der Waals surface area contributed by atoms with Crippen LogP contribution in [0.2, 0.25) is 0 Å². The molecule has 1 rings (SSSR count). The van der Waals surface area contributed by atoms with Crippen LogP contribution in [0.1, 0.15) is 19.3 Å². The monoisotopic (exact) mass is 293 g/mol. The summed E-state index contributed by atoms with van der Waals surface area (Å²) in [6, 6.07) is 0. The van der Waals surface area contributed by atoms with Crippen LogP contribution in [-0.4, -0.2) is 57.2 Å². The molecule has 7 nitrogen and oxygen atoms in total. The minimum atomic E-state index is -3.57. The lowest BCUT2D eigenvalue weighted by molar-refractivity contribution is -0.138. The molecule has 0 spiro atoms. The van der Waals surface area contributed by atoms with Crippen molar-refractivity contribution in [3.05, 3.63) is 0 Å². The van der Waals surface area contributed by atoms with E-state index in [1.807, 2.05) is 0 Å². The number of carboxylic acid groups (broad SMARTS) is 1. The van der Waals surface area contributed by atoms with E-state index in [0.29, 0.717) is 19.4 Å². The maximum atomic E-state index is 11.8. The summed E-state index contributed by atoms with van der Waals surface area (Å²) in [4.78, 5) is 22.0. The number of sulfone groups is 1. The van der Waals surface area contributed by atoms with Crippen LogP contribution in [0.15, 0.2) is 0 Å². The Morgan fingerprint density at radius 2 is 2.00 bits per heavy atom. The van der Waals surface area contributed by atoms with Crippen molar-refractivity contribution in [2.45, 2.75) is 19.3 Å². The molecule has 1 amide bonds. The summed E-state index contributed by atoms with van der Waals surface area (Å²) >= 11 is 0. The number of carbonyl (C=O) groups excluding carboxylic acids is 1. The van der Waals surface area contributed by atoms with Gasteiger partial charge in [-0.3, -0.25) is 9.59 Å². The highest BCUT2D eigenvalue weighted by Gasteiger charge is 2.47. The van der Waals surface area contributed by atoms with Crippen LogP contribution in [0.5, 0.6) is 0 Å². The molecule has 0 atom stereocenters. The van der Waals surface area contributed by atoms with Gasteiger partial charge in [0, 0.05) is 13.7 Å². The largest absolute Gasteiger partial charge is 0.481 e. The summed E-state index contributed by atoms with van der Waals surface area (Å²) in [5.74, 6) is -2.41. The Labute approximate surface area is 112 Å². The number of amides is 1. The van der Waals surface area contributed by atoms with Gasteiger partial charge in [0.15, 0.2) is 9.84 Å². The third-order valence-corrected chi connectivity index (χ3v) is 4.74. The van der Waals surface area contributed by atoms with E-state index in [9.17, 15) is 18.0 Å². The molecular formula is C11H19NO6S. The molecule has 0 radical (unpaired) electrons. The van der Waals surface area contributed by atoms with Gasteiger partial charge in [-0.05, 0) is 18.3 Å². The minimum absolute atomic E-state index is 0.155. The Bertz CT molecular complexity index is 440. The fraction of sp³-hybridized carbons (Fsp3) is 0.818. The molecule has 0 aromatic rings. The molecule has 0 heterocycles. The van der Waals surface area contributed by atoms with E-state index in [0.717, 1.165) is 0 Å². The van der Waals surface area contributed by atoms with Crippen LogP contribution >= 0.6 is 0 Å². The molecule has 110 valence electrons. The van der Waals surface area contributed by atoms with E-state index in [1.54, 1.807) is 0 Å². The summed E-state index contributed by atoms with van der Waals surface area (Å²) < 4.78 is 28.4. The van der Waals surface area contributed by atoms with E-state index in [-0.39, 0.29) is 18.7 Å². The Morgan fingerprint density at radius 3 is 2.47 bits per heavy atom. The number of carboxylic acids is 1. The van der Waals surface area contributed by atoms with Crippen molar-refractivity contribution in [1.82, 2.24) is 5.32 Å². The Kier molecular flexibility index (Phi) is 5.30. The predicted molar refractivity (Wildman–Crippen MR) is 67.5 cm³/mol. The molecule has 1 aliphatic carbocycles. The van der Waals surface area contributed by atoms with Gasteiger partial charge in [0.2, 0.25) is 5.91 Å². The van der Waals surface area contributed by atoms with Crippen molar-refractivity contribution in [3.8, 4) is 0 Å². The second kappa shape index (κ2) is 6.33. The molecule has 0 saturated heterocycles. The molecule has 8 heteroatoms. The fourth-order valence-corrected chi connectivity index (χ4v) is 3.86. The van der Waals surface area contributed by atoms with Gasteiger partial charge in [0.05, 0.1) is 18.8 Å². The van der Waals surface area contributed by atoms with Gasteiger partial charge in [-0.25, -0.2) is 8.42 Å². The van der Waals surface area contributed by atoms with Crippen LogP contribution in [0, 0.1) is 5.41 Å². The zero-order valence-electron chi connectivity index (χ0n) is 10.8. The topological polar surface area (TPSA) is 110 Å². The van der Waals surface area contributed by atoms with Crippen LogP contribution in [0.25, 0.3) is 0 Å². The average Bonchev–Trinajstić information content (AvgIpc) is 2.94. The number of ether oxygens (including phenoxy) is 1. The number of carbonyl (C=O) groups is 2. The summed E-state index contributed by atoms with van der Waals surface area (Å²) in [5.41, 5.74) is -0.655. The van der Waals surface area contributed by atoms with Crippen molar-refractivity contribution in [1.29, 1.82) is 0 Å². The number of aliphatic carboxylic acids is 1. The van der Waals surface area contributed by atoms with Crippen molar-refractivity contribution in [3.63, 3.8) is 0 Å². The number of nitrogens with one attached hydrogen (secondary N) is 1. The van der Waals surface area contributed by atoms with Crippen molar-refractivity contribution < 1.29 is 27.9 Å². The van der Waals surface area contributed by atoms with Crippen molar-refractivity contribution in [2.75, 3.05) is 31.8 Å². The third-order valence-electron chi connectivity index (χ3n) is 2.99. The molecule has 0 aromatic carbocycles. The molecule has 2 N–H and O–H groups in total. The number of methoxy groups -OCH3 is 1. The maximum absolute atomic E-state index is 11.8. The van der Waals surface area contributed by atoms with Gasteiger partial charge >= 0.3 is 5.97 Å². The van der Waals surface area contributed by atoms with Crippen LogP contribution in [0.4, 0.5) is 0 Å². The lowest BCUT2D eigenvalue weighted by Crippen LogP contribution is -2.35. The first-order valence-electron chi connectivity index (χ1n) is 5.96. The molecule has 0 aliphatic heterocycles. The minimum Gasteiger partial charge on any atom is -0.481 e. The maximum Gasteiger partial charge on any atom is 0.303 e. The summed E-state index contributed by atoms with van der Waals surface area (Å²) in [7, 11) is -2.10. The van der Waals surface area contributed by atoms with E-state index in [2.05, 4.69) is 5.32 Å². The number of hydrogen-bond acceptors (Lipinski definition) is 5. The van der Waals surface area contributed by atoms with Gasteiger partial charge in [0.25, 0.3) is 0 Å². The second-order valence-electron chi connectivity index (χ2n) is 4.95. The molecule has 0 bridgehead atoms. The van der Waals surface area contributed by atoms with Crippen LogP contribution < -0.4 is 5.32 Å². The smallest absolute Gasteiger partial charge is 0.303 e. The lowest BCUT2D eigenvalue weighted by Gasteiger charge is -2.12. The molecule has 1 fully saturated rings. The van der Waals surface area contributed by atoms with E-state index in [1.165, 1.54) is 7.11 Å². The number of hydrogen-bond donors (Lipinski definition) is 2. The molecule has 1 aliphatic rings. The lowest BCUT2D eigenvalue weighted by atomic mass is 10.1. The zero-order valence-corrected chi connectivity index (χ0v) is 11.7. The van der Waals surface area contributed by atoms with Crippen molar-refractivity contribution in [2.24, 2.45) is 5.41 Å². The van der Waals surface area contributed by atoms with Crippen LogP contribution in [-0.2, 0) is 24.2 Å². The standard InChI is InChI=1S/C11H19NO6S/c1-18-5-4-12-9(13)7-19(16,17)8-11(2-3-11)6-10(14)15/h2-8H2,1H3,(H,12,13)(H,14,15). The highest BCUT2D eigenvalue weighted by Crippen LogP contribution is 2.49. The zero-order chi connectivity index (χ0) is 14.5. The van der Waals surface area contributed by atoms with Gasteiger partial charge in [-0.1, -0.05) is 0 Å². The third kappa shape index (κ3) is 6.02. The Morgan fingerprint density at radius 1 is 1.37 bits per heavy atom. The summed E-state index contributed by atoms with van der Waals surface area (Å²) in [5, 5.41) is 11.2. The first-order valence-corrected chi connectivity index (χ1v) is 7.79. The molecule has 0 aromatic heterocycles. The SMILES string of the molecule is COCCNC(=O)CS(=O)(=O)CC1(CC(=O)O)CC1. The van der Waals surface area contributed by atoms with Crippen LogP contribution in [0.3, 0.4) is 0 Å². The summed E-state index contributed by atoms with van der Waals surface area (Å²) in [6.45, 7) is 0.569. The number of rotatable bonds is 9. The quantitative estimate of drug-likeness (QED) is 0.550. The predicted octanol–water partition coefficient (Wildman–Crippen LogP) is -0.581. The van der Waals surface area contributed by atoms with E-state index in [4.69, 9.17) is 9.84 Å². The molecule has 0 unspecified atom stereocenters. The normalized spacial score (nSPS) is 16.9. The first-order chi connectivity index (χ1) is 8.79. The highest BCUT2D eigenvalue weighted by molar-refractivity contribution is 7.92. The Balaban J connectivity index is 2.44. The van der Waals surface area contributed by atoms with Gasteiger partial charge < -0.3 is 15.2 Å². The molecule has 19 heavy (non-hydrogen) atoms. The Hall–Kier alpha value is -1.15. The fourth-order valence-electron chi connectivity index (χ4n) is 1.93. The van der Waals surface area contributed by atoms with E-state index < -0.39 is 32.9 Å². The van der Waals surface area contributed by atoms with Crippen molar-refractivity contribution >= 4 is 21.7 Å². The first kappa shape index (κ1) is 15.9.